The Balaban J connectivity index is 2.31. The maximum Gasteiger partial charge on any atom is 0.271 e. The lowest BCUT2D eigenvalue weighted by Gasteiger charge is -2.08. The van der Waals surface area contributed by atoms with E-state index in [2.05, 4.69) is 10.3 Å². The number of nitrogens with one attached hydrogen (secondary N) is 1. The number of halogens is 1. The molecule has 21 heavy (non-hydrogen) atoms. The molecular weight excluding hydrogens is 298 g/mol. The number of nitrogens with zero attached hydrogens (tertiary/aromatic N) is 2. The van der Waals surface area contributed by atoms with Crippen molar-refractivity contribution in [2.75, 3.05) is 5.32 Å². The van der Waals surface area contributed by atoms with E-state index < -0.39 is 10.8 Å². The predicted octanol–water partition coefficient (Wildman–Crippen LogP) is 2.91. The summed E-state index contributed by atoms with van der Waals surface area (Å²) >= 11 is 5.94. The highest BCUT2D eigenvalue weighted by Gasteiger charge is 2.16. The van der Waals surface area contributed by atoms with Crippen LogP contribution in [0.1, 0.15) is 16.1 Å². The summed E-state index contributed by atoms with van der Waals surface area (Å²) in [6, 6.07) is 4.83. The van der Waals surface area contributed by atoms with Crippen molar-refractivity contribution < 1.29 is 14.8 Å². The van der Waals surface area contributed by atoms with Gasteiger partial charge >= 0.3 is 0 Å². The van der Waals surface area contributed by atoms with Crippen LogP contribution in [0.25, 0.3) is 0 Å². The zero-order valence-electron chi connectivity index (χ0n) is 10.8. The Labute approximate surface area is 124 Å². The molecule has 0 aliphatic heterocycles. The van der Waals surface area contributed by atoms with Gasteiger partial charge in [0.25, 0.3) is 11.6 Å². The molecule has 0 unspecified atom stereocenters. The van der Waals surface area contributed by atoms with Crippen LogP contribution >= 0.6 is 11.6 Å². The van der Waals surface area contributed by atoms with Gasteiger partial charge in [0.1, 0.15) is 5.75 Å². The molecule has 1 aromatic heterocycles. The standard InChI is InChI=1S/C13H10ClN3O4/c1-7-4-10(14)9(6-15-7)13(19)16-11-5-8(17(20)21)2-3-12(11)18/h2-6,18H,1H3,(H,16,19). The third-order valence-corrected chi connectivity index (χ3v) is 2.99. The first-order valence-electron chi connectivity index (χ1n) is 5.79. The molecule has 1 amide bonds. The Morgan fingerprint density at radius 1 is 1.43 bits per heavy atom. The topological polar surface area (TPSA) is 105 Å². The van der Waals surface area contributed by atoms with Gasteiger partial charge in [0.05, 0.1) is 21.2 Å². The fraction of sp³-hybridized carbons (Fsp3) is 0.0769. The molecule has 8 heteroatoms. The van der Waals surface area contributed by atoms with E-state index in [9.17, 15) is 20.0 Å². The van der Waals surface area contributed by atoms with Crippen molar-refractivity contribution >= 4 is 28.9 Å². The molecule has 0 atom stereocenters. The van der Waals surface area contributed by atoms with E-state index in [4.69, 9.17) is 11.6 Å². The number of nitro groups is 1. The summed E-state index contributed by atoms with van der Waals surface area (Å²) in [6.07, 6.45) is 1.29. The maximum absolute atomic E-state index is 12.1. The number of carbonyl (C=O) groups is 1. The first kappa shape index (κ1) is 14.7. The molecule has 0 bridgehead atoms. The largest absolute Gasteiger partial charge is 0.506 e. The average Bonchev–Trinajstić information content (AvgIpc) is 2.40. The van der Waals surface area contributed by atoms with Gasteiger partial charge in [0, 0.05) is 24.0 Å². The van der Waals surface area contributed by atoms with E-state index in [1.807, 2.05) is 0 Å². The number of rotatable bonds is 3. The van der Waals surface area contributed by atoms with Gasteiger partial charge in [0.2, 0.25) is 0 Å². The molecule has 0 spiro atoms. The molecule has 7 nitrogen and oxygen atoms in total. The van der Waals surface area contributed by atoms with Crippen LogP contribution in [-0.4, -0.2) is 20.9 Å². The second-order valence-corrected chi connectivity index (χ2v) is 4.63. The summed E-state index contributed by atoms with van der Waals surface area (Å²) in [6.45, 7) is 1.72. The van der Waals surface area contributed by atoms with E-state index in [-0.39, 0.29) is 27.7 Å². The van der Waals surface area contributed by atoms with Crippen molar-refractivity contribution in [2.24, 2.45) is 0 Å². The SMILES string of the molecule is Cc1cc(Cl)c(C(=O)Nc2cc([N+](=O)[O-])ccc2O)cn1. The van der Waals surface area contributed by atoms with E-state index >= 15 is 0 Å². The summed E-state index contributed by atoms with van der Waals surface area (Å²) in [5, 5.41) is 22.9. The highest BCUT2D eigenvalue weighted by molar-refractivity contribution is 6.34. The van der Waals surface area contributed by atoms with Crippen LogP contribution < -0.4 is 5.32 Å². The lowest BCUT2D eigenvalue weighted by molar-refractivity contribution is -0.384. The number of phenolic OH excluding ortho intramolecular Hbond substituents is 1. The van der Waals surface area contributed by atoms with Crippen molar-refractivity contribution in [3.63, 3.8) is 0 Å². The summed E-state index contributed by atoms with van der Waals surface area (Å²) in [5.41, 5.74) is 0.421. The highest BCUT2D eigenvalue weighted by Crippen LogP contribution is 2.28. The molecule has 2 rings (SSSR count). The maximum atomic E-state index is 12.1. The monoisotopic (exact) mass is 307 g/mol. The van der Waals surface area contributed by atoms with Gasteiger partial charge in [0.15, 0.2) is 0 Å². The molecule has 0 saturated carbocycles. The number of hydrogen-bond acceptors (Lipinski definition) is 5. The first-order chi connectivity index (χ1) is 9.88. The van der Waals surface area contributed by atoms with Gasteiger partial charge in [-0.25, -0.2) is 0 Å². The molecule has 1 aromatic carbocycles. The molecule has 2 aromatic rings. The third kappa shape index (κ3) is 3.26. The predicted molar refractivity (Wildman–Crippen MR) is 76.7 cm³/mol. The highest BCUT2D eigenvalue weighted by atomic mass is 35.5. The third-order valence-electron chi connectivity index (χ3n) is 2.67. The smallest absolute Gasteiger partial charge is 0.271 e. The van der Waals surface area contributed by atoms with Crippen LogP contribution in [0.15, 0.2) is 30.5 Å². The zero-order valence-corrected chi connectivity index (χ0v) is 11.6. The van der Waals surface area contributed by atoms with Crippen molar-refractivity contribution in [3.05, 3.63) is 56.9 Å². The molecule has 2 N–H and O–H groups in total. The van der Waals surface area contributed by atoms with Crippen LogP contribution in [0, 0.1) is 17.0 Å². The molecule has 108 valence electrons. The minimum atomic E-state index is -0.629. The summed E-state index contributed by atoms with van der Waals surface area (Å²) in [7, 11) is 0. The zero-order chi connectivity index (χ0) is 15.6. The Hall–Kier alpha value is -2.67. The van der Waals surface area contributed by atoms with Crippen LogP contribution in [0.5, 0.6) is 5.75 Å². The number of anilines is 1. The summed E-state index contributed by atoms with van der Waals surface area (Å²) in [4.78, 5) is 26.1. The number of aromatic hydroxyl groups is 1. The Morgan fingerprint density at radius 2 is 2.14 bits per heavy atom. The van der Waals surface area contributed by atoms with E-state index in [0.717, 1.165) is 18.2 Å². The van der Waals surface area contributed by atoms with Crippen molar-refractivity contribution in [1.82, 2.24) is 4.98 Å². The van der Waals surface area contributed by atoms with Crippen LogP contribution in [-0.2, 0) is 0 Å². The van der Waals surface area contributed by atoms with Crippen LogP contribution in [0.3, 0.4) is 0 Å². The second kappa shape index (κ2) is 5.76. The van der Waals surface area contributed by atoms with E-state index in [0.29, 0.717) is 5.69 Å². The second-order valence-electron chi connectivity index (χ2n) is 4.22. The Morgan fingerprint density at radius 3 is 2.76 bits per heavy atom. The number of aromatic nitrogens is 1. The number of pyridine rings is 1. The number of carbonyl (C=O) groups excluding carboxylic acids is 1. The first-order valence-corrected chi connectivity index (χ1v) is 6.17. The minimum Gasteiger partial charge on any atom is -0.506 e. The number of amides is 1. The van der Waals surface area contributed by atoms with Crippen molar-refractivity contribution in [2.45, 2.75) is 6.92 Å². The van der Waals surface area contributed by atoms with Gasteiger partial charge in [-0.05, 0) is 19.1 Å². The number of hydrogen-bond donors (Lipinski definition) is 2. The number of non-ortho nitro benzene ring substituents is 1. The quantitative estimate of drug-likeness (QED) is 0.515. The van der Waals surface area contributed by atoms with Gasteiger partial charge in [-0.2, -0.15) is 0 Å². The number of nitro benzene ring substituents is 1. The molecule has 0 aliphatic carbocycles. The normalized spacial score (nSPS) is 10.2. The van der Waals surface area contributed by atoms with E-state index in [1.54, 1.807) is 6.92 Å². The summed E-state index contributed by atoms with van der Waals surface area (Å²) in [5.74, 6) is -0.909. The lowest BCUT2D eigenvalue weighted by atomic mass is 10.2. The lowest BCUT2D eigenvalue weighted by Crippen LogP contribution is -2.13. The van der Waals surface area contributed by atoms with Crippen molar-refractivity contribution in [1.29, 1.82) is 0 Å². The molecule has 1 heterocycles. The van der Waals surface area contributed by atoms with Crippen LogP contribution in [0.2, 0.25) is 5.02 Å². The van der Waals surface area contributed by atoms with Crippen LogP contribution in [0.4, 0.5) is 11.4 Å². The molecule has 0 saturated heterocycles. The summed E-state index contributed by atoms with van der Waals surface area (Å²) < 4.78 is 0. The van der Waals surface area contributed by atoms with Gasteiger partial charge < -0.3 is 10.4 Å². The fourth-order valence-corrected chi connectivity index (χ4v) is 1.91. The molecule has 0 fully saturated rings. The number of phenols is 1. The fourth-order valence-electron chi connectivity index (χ4n) is 1.62. The molecular formula is C13H10ClN3O4. The Kier molecular flexibility index (Phi) is 4.04. The van der Waals surface area contributed by atoms with Gasteiger partial charge in [-0.15, -0.1) is 0 Å². The molecule has 0 aliphatic rings. The Bertz CT molecular complexity index is 733. The number of benzene rings is 1. The number of aryl methyl sites for hydroxylation is 1. The van der Waals surface area contributed by atoms with Crippen molar-refractivity contribution in [3.8, 4) is 5.75 Å². The average molecular weight is 308 g/mol. The minimum absolute atomic E-state index is 0.0779. The van der Waals surface area contributed by atoms with E-state index in [1.165, 1.54) is 12.3 Å². The van der Waals surface area contributed by atoms with Gasteiger partial charge in [-0.3, -0.25) is 19.9 Å². The molecule has 0 radical (unpaired) electrons. The van der Waals surface area contributed by atoms with Gasteiger partial charge in [-0.1, -0.05) is 11.6 Å².